The molecule has 2 fully saturated rings. The minimum atomic E-state index is -2.12. The topological polar surface area (TPSA) is 94.8 Å². The van der Waals surface area contributed by atoms with E-state index in [4.69, 9.17) is 0 Å². The van der Waals surface area contributed by atoms with E-state index < -0.39 is 52.1 Å². The average molecular weight is 390 g/mol. The van der Waals surface area contributed by atoms with Gasteiger partial charge in [-0.25, -0.2) is 4.39 Å². The number of hydrogen-bond acceptors (Lipinski definition) is 5. The smallest absolute Gasteiger partial charge is 0.190 e. The van der Waals surface area contributed by atoms with E-state index in [1.807, 2.05) is 0 Å². The monoisotopic (exact) mass is 390 g/mol. The summed E-state index contributed by atoms with van der Waals surface area (Å²) in [6, 6.07) is 0. The number of rotatable bonds is 2. The van der Waals surface area contributed by atoms with Crippen LogP contribution in [0, 0.1) is 28.6 Å². The van der Waals surface area contributed by atoms with Crippen LogP contribution in [-0.4, -0.2) is 44.8 Å². The van der Waals surface area contributed by atoms with Gasteiger partial charge < -0.3 is 15.3 Å². The molecule has 152 valence electrons. The first kappa shape index (κ1) is 19.5. The SMILES string of the molecule is C[C@@H]1CC2C3CCC4=CC(=O)C=CC4(C)[C@@]3(F)C(O)=CC2(C)[C@@]1(O)C(=O)CO. The highest BCUT2D eigenvalue weighted by Crippen LogP contribution is 2.69. The lowest BCUT2D eigenvalue weighted by Gasteiger charge is -2.58. The fourth-order valence-corrected chi connectivity index (χ4v) is 6.74. The number of fused-ring (bicyclic) bond motifs is 5. The molecule has 4 aliphatic rings. The van der Waals surface area contributed by atoms with Gasteiger partial charge in [-0.3, -0.25) is 9.59 Å². The summed E-state index contributed by atoms with van der Waals surface area (Å²) < 4.78 is 16.8. The van der Waals surface area contributed by atoms with Crippen LogP contribution in [0.15, 0.2) is 35.6 Å². The van der Waals surface area contributed by atoms with Gasteiger partial charge in [-0.2, -0.15) is 0 Å². The van der Waals surface area contributed by atoms with Crippen molar-refractivity contribution < 1.29 is 29.3 Å². The van der Waals surface area contributed by atoms with E-state index in [1.165, 1.54) is 18.2 Å². The molecule has 6 heteroatoms. The Kier molecular flexibility index (Phi) is 3.93. The van der Waals surface area contributed by atoms with Crippen LogP contribution < -0.4 is 0 Å². The highest BCUT2D eigenvalue weighted by Gasteiger charge is 2.73. The third-order valence-corrected chi connectivity index (χ3v) is 8.33. The summed E-state index contributed by atoms with van der Waals surface area (Å²) >= 11 is 0. The lowest BCUT2D eigenvalue weighted by Crippen LogP contribution is -2.63. The van der Waals surface area contributed by atoms with E-state index in [9.17, 15) is 24.9 Å². The van der Waals surface area contributed by atoms with Gasteiger partial charge in [-0.1, -0.05) is 25.5 Å². The van der Waals surface area contributed by atoms with Crippen LogP contribution in [0.2, 0.25) is 0 Å². The molecule has 0 heterocycles. The number of hydrogen-bond donors (Lipinski definition) is 3. The molecule has 0 amide bonds. The molecule has 4 aliphatic carbocycles. The highest BCUT2D eigenvalue weighted by atomic mass is 19.1. The van der Waals surface area contributed by atoms with Crippen molar-refractivity contribution in [1.29, 1.82) is 0 Å². The van der Waals surface area contributed by atoms with Gasteiger partial charge >= 0.3 is 0 Å². The maximum absolute atomic E-state index is 16.8. The number of allylic oxidation sites excluding steroid dienone is 5. The van der Waals surface area contributed by atoms with Gasteiger partial charge in [0.05, 0.1) is 0 Å². The third kappa shape index (κ3) is 1.93. The van der Waals surface area contributed by atoms with E-state index in [1.54, 1.807) is 26.8 Å². The Hall–Kier alpha value is -1.79. The van der Waals surface area contributed by atoms with Gasteiger partial charge in [0.1, 0.15) is 18.0 Å². The van der Waals surface area contributed by atoms with Crippen LogP contribution in [0.3, 0.4) is 0 Å². The third-order valence-electron chi connectivity index (χ3n) is 8.33. The molecule has 7 atom stereocenters. The first-order valence-electron chi connectivity index (χ1n) is 9.88. The molecule has 0 aromatic carbocycles. The van der Waals surface area contributed by atoms with Crippen LogP contribution in [0.25, 0.3) is 0 Å². The standard InChI is InChI=1S/C22H27FO5/c1-12-8-16-15-5-4-13-9-14(25)6-7-19(13,2)21(15,23)17(26)10-20(16,3)22(12,28)18(27)11-24/h6-7,9-10,12,15-16,24,26,28H,4-5,8,11H2,1-3H3/t12-,15?,16?,19?,20?,21+,22+/m1/s1. The van der Waals surface area contributed by atoms with Crippen LogP contribution >= 0.6 is 0 Å². The molecule has 0 aromatic rings. The Labute approximate surface area is 163 Å². The predicted octanol–water partition coefficient (Wildman–Crippen LogP) is 2.59. The first-order chi connectivity index (χ1) is 13.0. The summed E-state index contributed by atoms with van der Waals surface area (Å²) in [7, 11) is 0. The first-order valence-corrected chi connectivity index (χ1v) is 9.88. The van der Waals surface area contributed by atoms with Crippen molar-refractivity contribution in [2.75, 3.05) is 6.61 Å². The molecule has 0 aromatic heterocycles. The number of carbonyl (C=O) groups excluding carboxylic acids is 2. The van der Waals surface area contributed by atoms with E-state index in [-0.39, 0.29) is 11.7 Å². The summed E-state index contributed by atoms with van der Waals surface area (Å²) in [5.74, 6) is -2.87. The zero-order valence-electron chi connectivity index (χ0n) is 16.4. The molecular formula is C22H27FO5. The fraction of sp³-hybridized carbons (Fsp3) is 0.636. The number of aliphatic hydroxyl groups excluding tert-OH is 2. The summed E-state index contributed by atoms with van der Waals surface area (Å²) in [6.07, 6.45) is 7.00. The summed E-state index contributed by atoms with van der Waals surface area (Å²) in [5.41, 5.74) is -5.66. The molecule has 0 spiro atoms. The molecule has 0 radical (unpaired) electrons. The number of Topliss-reactive ketones (excluding diaryl/α,β-unsaturated/α-hetero) is 1. The lowest BCUT2D eigenvalue weighted by atomic mass is 9.47. The predicted molar refractivity (Wildman–Crippen MR) is 100 cm³/mol. The summed E-state index contributed by atoms with van der Waals surface area (Å²) in [6.45, 7) is 4.30. The summed E-state index contributed by atoms with van der Waals surface area (Å²) in [4.78, 5) is 24.3. The second-order valence-electron chi connectivity index (χ2n) is 9.37. The minimum Gasteiger partial charge on any atom is -0.509 e. The average Bonchev–Trinajstić information content (AvgIpc) is 2.84. The van der Waals surface area contributed by atoms with Crippen molar-refractivity contribution in [1.82, 2.24) is 0 Å². The normalized spacial score (nSPS) is 49.6. The maximum atomic E-state index is 16.8. The zero-order valence-corrected chi connectivity index (χ0v) is 16.4. The maximum Gasteiger partial charge on any atom is 0.190 e. The van der Waals surface area contributed by atoms with Crippen molar-refractivity contribution in [3.63, 3.8) is 0 Å². The van der Waals surface area contributed by atoms with Crippen molar-refractivity contribution in [2.45, 2.75) is 51.3 Å². The Morgan fingerprint density at radius 2 is 2.00 bits per heavy atom. The Morgan fingerprint density at radius 1 is 1.32 bits per heavy atom. The number of ketones is 2. The Morgan fingerprint density at radius 3 is 2.64 bits per heavy atom. The minimum absolute atomic E-state index is 0.184. The van der Waals surface area contributed by atoms with Crippen molar-refractivity contribution in [2.24, 2.45) is 28.6 Å². The number of alkyl halides is 1. The van der Waals surface area contributed by atoms with Gasteiger partial charge in [-0.05, 0) is 56.3 Å². The van der Waals surface area contributed by atoms with Gasteiger partial charge in [0.15, 0.2) is 17.2 Å². The van der Waals surface area contributed by atoms with Crippen LogP contribution in [-0.2, 0) is 9.59 Å². The van der Waals surface area contributed by atoms with Crippen LogP contribution in [0.1, 0.15) is 40.0 Å². The second kappa shape index (κ2) is 5.63. The zero-order chi connectivity index (χ0) is 20.7. The molecule has 2 saturated carbocycles. The molecule has 0 aliphatic heterocycles. The summed E-state index contributed by atoms with van der Waals surface area (Å²) in [5, 5.41) is 31.8. The fourth-order valence-electron chi connectivity index (χ4n) is 6.74. The number of halogens is 1. The Balaban J connectivity index is 1.91. The molecule has 3 N–H and O–H groups in total. The molecule has 0 saturated heterocycles. The van der Waals surface area contributed by atoms with E-state index >= 15 is 4.39 Å². The number of carbonyl (C=O) groups is 2. The number of aliphatic hydroxyl groups is 3. The van der Waals surface area contributed by atoms with Crippen molar-refractivity contribution in [3.05, 3.63) is 35.6 Å². The van der Waals surface area contributed by atoms with Gasteiger partial charge in [0, 0.05) is 16.7 Å². The quantitative estimate of drug-likeness (QED) is 0.674. The van der Waals surface area contributed by atoms with Crippen molar-refractivity contribution in [3.8, 4) is 0 Å². The van der Waals surface area contributed by atoms with E-state index in [0.717, 1.165) is 0 Å². The molecule has 5 nitrogen and oxygen atoms in total. The molecule has 4 rings (SSSR count). The van der Waals surface area contributed by atoms with Crippen molar-refractivity contribution >= 4 is 11.6 Å². The highest BCUT2D eigenvalue weighted by molar-refractivity contribution is 6.01. The van der Waals surface area contributed by atoms with Crippen LogP contribution in [0.5, 0.6) is 0 Å². The molecule has 0 bridgehead atoms. The van der Waals surface area contributed by atoms with E-state index in [2.05, 4.69) is 0 Å². The van der Waals surface area contributed by atoms with E-state index in [0.29, 0.717) is 24.8 Å². The molecular weight excluding hydrogens is 363 g/mol. The largest absolute Gasteiger partial charge is 0.509 e. The second-order valence-corrected chi connectivity index (χ2v) is 9.37. The van der Waals surface area contributed by atoms with Gasteiger partial charge in [-0.15, -0.1) is 0 Å². The molecule has 28 heavy (non-hydrogen) atoms. The van der Waals surface area contributed by atoms with Gasteiger partial charge in [0.2, 0.25) is 0 Å². The van der Waals surface area contributed by atoms with Crippen LogP contribution in [0.4, 0.5) is 4.39 Å². The lowest BCUT2D eigenvalue weighted by molar-refractivity contribution is -0.162. The van der Waals surface area contributed by atoms with Gasteiger partial charge in [0.25, 0.3) is 0 Å². The molecule has 4 unspecified atom stereocenters. The Bertz CT molecular complexity index is 859.